The molecule has 6 heteroatoms. The second-order valence-corrected chi connectivity index (χ2v) is 4.07. The largest absolute Gasteiger partial charge is 0.409 e. The van der Waals surface area contributed by atoms with E-state index >= 15 is 0 Å². The van der Waals surface area contributed by atoms with Crippen molar-refractivity contribution in [2.75, 3.05) is 11.9 Å². The first-order valence-electron chi connectivity index (χ1n) is 5.75. The molecule has 0 bridgehead atoms. The molecule has 19 heavy (non-hydrogen) atoms. The third-order valence-electron chi connectivity index (χ3n) is 2.72. The molecule has 0 radical (unpaired) electrons. The van der Waals surface area contributed by atoms with Crippen LogP contribution in [-0.2, 0) is 6.54 Å². The molecule has 0 saturated heterocycles. The van der Waals surface area contributed by atoms with Crippen molar-refractivity contribution in [1.82, 2.24) is 9.97 Å². The molecule has 0 aliphatic rings. The standard InChI is InChI=1S/C13H15N5O/c1-18(9-10-4-7-15-8-5-10)11-3-2-6-16-12(11)13(14)17-19/h2-8,19H,9H2,1H3,(H2,14,17). The second kappa shape index (κ2) is 5.81. The SMILES string of the molecule is CN(Cc1ccncc1)c1cccnc1/C(N)=N/O. The molecular formula is C13H15N5O. The van der Waals surface area contributed by atoms with E-state index < -0.39 is 0 Å². The van der Waals surface area contributed by atoms with Gasteiger partial charge < -0.3 is 15.8 Å². The Morgan fingerprint density at radius 1 is 1.32 bits per heavy atom. The number of pyridine rings is 2. The van der Waals surface area contributed by atoms with E-state index in [9.17, 15) is 0 Å². The van der Waals surface area contributed by atoms with E-state index in [-0.39, 0.29) is 5.84 Å². The highest BCUT2D eigenvalue weighted by Crippen LogP contribution is 2.18. The smallest absolute Gasteiger partial charge is 0.190 e. The molecule has 2 aromatic heterocycles. The summed E-state index contributed by atoms with van der Waals surface area (Å²) in [4.78, 5) is 10.1. The zero-order chi connectivity index (χ0) is 13.7. The van der Waals surface area contributed by atoms with Crippen LogP contribution in [0, 0.1) is 0 Å². The minimum absolute atomic E-state index is 0.00261. The lowest BCUT2D eigenvalue weighted by Gasteiger charge is -2.21. The van der Waals surface area contributed by atoms with Crippen LogP contribution in [0.3, 0.4) is 0 Å². The first-order chi connectivity index (χ1) is 9.22. The Labute approximate surface area is 111 Å². The van der Waals surface area contributed by atoms with Crippen molar-refractivity contribution < 1.29 is 5.21 Å². The molecule has 0 spiro atoms. The predicted octanol–water partition coefficient (Wildman–Crippen LogP) is 1.21. The van der Waals surface area contributed by atoms with Crippen LogP contribution in [-0.4, -0.2) is 28.1 Å². The van der Waals surface area contributed by atoms with Crippen molar-refractivity contribution in [2.24, 2.45) is 10.9 Å². The summed E-state index contributed by atoms with van der Waals surface area (Å²) in [5.41, 5.74) is 8.00. The maximum atomic E-state index is 8.78. The molecule has 2 aromatic rings. The molecule has 0 saturated carbocycles. The molecule has 0 unspecified atom stereocenters. The first kappa shape index (κ1) is 12.8. The van der Waals surface area contributed by atoms with E-state index in [4.69, 9.17) is 10.9 Å². The first-order valence-corrected chi connectivity index (χ1v) is 5.75. The molecule has 0 aliphatic carbocycles. The van der Waals surface area contributed by atoms with Gasteiger partial charge in [0.05, 0.1) is 5.69 Å². The summed E-state index contributed by atoms with van der Waals surface area (Å²) in [6.45, 7) is 0.680. The third kappa shape index (κ3) is 2.98. The van der Waals surface area contributed by atoms with E-state index in [1.165, 1.54) is 0 Å². The molecule has 98 valence electrons. The van der Waals surface area contributed by atoms with Gasteiger partial charge in [-0.2, -0.15) is 0 Å². The van der Waals surface area contributed by atoms with Gasteiger partial charge in [-0.15, -0.1) is 0 Å². The maximum Gasteiger partial charge on any atom is 0.190 e. The number of amidine groups is 1. The van der Waals surface area contributed by atoms with Gasteiger partial charge in [0.25, 0.3) is 0 Å². The average Bonchev–Trinajstić information content (AvgIpc) is 2.47. The minimum atomic E-state index is -0.00261. The monoisotopic (exact) mass is 257 g/mol. The van der Waals surface area contributed by atoms with Crippen LogP contribution in [0.5, 0.6) is 0 Å². The molecule has 2 rings (SSSR count). The Bertz CT molecular complexity index is 570. The zero-order valence-corrected chi connectivity index (χ0v) is 10.6. The predicted molar refractivity (Wildman–Crippen MR) is 73.1 cm³/mol. The van der Waals surface area contributed by atoms with Gasteiger partial charge in [0, 0.05) is 32.2 Å². The van der Waals surface area contributed by atoms with Gasteiger partial charge in [-0.3, -0.25) is 9.97 Å². The van der Waals surface area contributed by atoms with Gasteiger partial charge in [0.15, 0.2) is 5.84 Å². The molecule has 0 fully saturated rings. The topological polar surface area (TPSA) is 87.6 Å². The number of hydrogen-bond acceptors (Lipinski definition) is 5. The van der Waals surface area contributed by atoms with Gasteiger partial charge in [0.1, 0.15) is 5.69 Å². The molecular weight excluding hydrogens is 242 g/mol. The minimum Gasteiger partial charge on any atom is -0.409 e. The van der Waals surface area contributed by atoms with E-state index in [0.717, 1.165) is 11.3 Å². The zero-order valence-electron chi connectivity index (χ0n) is 10.6. The van der Waals surface area contributed by atoms with Crippen molar-refractivity contribution in [2.45, 2.75) is 6.54 Å². The van der Waals surface area contributed by atoms with Gasteiger partial charge in [-0.25, -0.2) is 0 Å². The van der Waals surface area contributed by atoms with Crippen LogP contribution in [0.15, 0.2) is 48.0 Å². The highest BCUT2D eigenvalue weighted by atomic mass is 16.4. The molecule has 6 nitrogen and oxygen atoms in total. The number of nitrogens with two attached hydrogens (primary N) is 1. The summed E-state index contributed by atoms with van der Waals surface area (Å²) in [5.74, 6) is -0.00261. The Hall–Kier alpha value is -2.63. The fourth-order valence-corrected chi connectivity index (χ4v) is 1.80. The number of anilines is 1. The van der Waals surface area contributed by atoms with Crippen LogP contribution in [0.25, 0.3) is 0 Å². The molecule has 0 atom stereocenters. The number of oxime groups is 1. The van der Waals surface area contributed by atoms with Crippen LogP contribution in [0.2, 0.25) is 0 Å². The van der Waals surface area contributed by atoms with Gasteiger partial charge in [-0.05, 0) is 29.8 Å². The number of nitrogens with zero attached hydrogens (tertiary/aromatic N) is 4. The van der Waals surface area contributed by atoms with Crippen LogP contribution < -0.4 is 10.6 Å². The van der Waals surface area contributed by atoms with Crippen molar-refractivity contribution in [3.05, 3.63) is 54.1 Å². The summed E-state index contributed by atoms with van der Waals surface area (Å²) < 4.78 is 0. The summed E-state index contributed by atoms with van der Waals surface area (Å²) in [7, 11) is 1.92. The third-order valence-corrected chi connectivity index (χ3v) is 2.72. The van der Waals surface area contributed by atoms with Gasteiger partial charge in [-0.1, -0.05) is 5.16 Å². The molecule has 0 aromatic carbocycles. The van der Waals surface area contributed by atoms with Crippen molar-refractivity contribution in [3.63, 3.8) is 0 Å². The average molecular weight is 257 g/mol. The lowest BCUT2D eigenvalue weighted by atomic mass is 10.2. The molecule has 2 heterocycles. The van der Waals surface area contributed by atoms with E-state index in [1.807, 2.05) is 36.2 Å². The van der Waals surface area contributed by atoms with Gasteiger partial charge >= 0.3 is 0 Å². The summed E-state index contributed by atoms with van der Waals surface area (Å²) in [5, 5.41) is 11.8. The summed E-state index contributed by atoms with van der Waals surface area (Å²) in [6.07, 6.45) is 5.10. The molecule has 0 aliphatic heterocycles. The van der Waals surface area contributed by atoms with Gasteiger partial charge in [0.2, 0.25) is 0 Å². The summed E-state index contributed by atoms with van der Waals surface area (Å²) in [6, 6.07) is 7.57. The Morgan fingerprint density at radius 2 is 2.05 bits per heavy atom. The van der Waals surface area contributed by atoms with Crippen molar-refractivity contribution in [1.29, 1.82) is 0 Å². The fourth-order valence-electron chi connectivity index (χ4n) is 1.80. The molecule has 3 N–H and O–H groups in total. The van der Waals surface area contributed by atoms with Crippen LogP contribution in [0.1, 0.15) is 11.3 Å². The second-order valence-electron chi connectivity index (χ2n) is 4.07. The Morgan fingerprint density at radius 3 is 2.74 bits per heavy atom. The Kier molecular flexibility index (Phi) is 3.92. The van der Waals surface area contributed by atoms with E-state index in [0.29, 0.717) is 12.2 Å². The quantitative estimate of drug-likeness (QED) is 0.372. The lowest BCUT2D eigenvalue weighted by molar-refractivity contribution is 0.318. The van der Waals surface area contributed by atoms with Crippen LogP contribution >= 0.6 is 0 Å². The maximum absolute atomic E-state index is 8.78. The van der Waals surface area contributed by atoms with Crippen LogP contribution in [0.4, 0.5) is 5.69 Å². The summed E-state index contributed by atoms with van der Waals surface area (Å²) >= 11 is 0. The lowest BCUT2D eigenvalue weighted by Crippen LogP contribution is -2.23. The van der Waals surface area contributed by atoms with E-state index in [1.54, 1.807) is 18.6 Å². The number of aromatic nitrogens is 2. The number of hydrogen-bond donors (Lipinski definition) is 2. The van der Waals surface area contributed by atoms with Crippen molar-refractivity contribution in [3.8, 4) is 0 Å². The molecule has 0 amide bonds. The fraction of sp³-hybridized carbons (Fsp3) is 0.154. The normalized spacial score (nSPS) is 11.3. The highest BCUT2D eigenvalue weighted by molar-refractivity contribution is 6.00. The van der Waals surface area contributed by atoms with Crippen molar-refractivity contribution >= 4 is 11.5 Å². The van der Waals surface area contributed by atoms with E-state index in [2.05, 4.69) is 15.1 Å². The number of rotatable bonds is 4. The Balaban J connectivity index is 2.27. The highest BCUT2D eigenvalue weighted by Gasteiger charge is 2.12.